The maximum absolute atomic E-state index is 13.1. The minimum Gasteiger partial charge on any atom is -0.351 e. The summed E-state index contributed by atoms with van der Waals surface area (Å²) in [6.07, 6.45) is 0.849. The highest BCUT2D eigenvalue weighted by Crippen LogP contribution is 2.34. The lowest BCUT2D eigenvalue weighted by atomic mass is 10.2. The van der Waals surface area contributed by atoms with Gasteiger partial charge in [-0.1, -0.05) is 18.2 Å². The molecular weight excluding hydrogens is 366 g/mol. The Kier molecular flexibility index (Phi) is 5.98. The molecule has 3 aromatic rings. The van der Waals surface area contributed by atoms with Gasteiger partial charge < -0.3 is 19.7 Å². The molecule has 0 atom stereocenters. The Morgan fingerprint density at radius 2 is 1.76 bits per heavy atom. The highest BCUT2D eigenvalue weighted by atomic mass is 16.2. The Balaban J connectivity index is 2.15. The standard InChI is InChI=1S/C22H31N5O2/c1-15(2)26-17-11-8-7-10-16(17)20-18(26)14-19(27(20)22(29)25(5)6)21(28)23-12-9-13-24(3)4/h7-8,10-11,14-15H,9,12-13H2,1-6H3,(H,23,28). The second kappa shape index (κ2) is 8.29. The molecule has 1 aromatic carbocycles. The van der Waals surface area contributed by atoms with Gasteiger partial charge in [-0.05, 0) is 53.0 Å². The van der Waals surface area contributed by atoms with E-state index in [0.29, 0.717) is 12.2 Å². The zero-order chi connectivity index (χ0) is 21.3. The molecule has 0 radical (unpaired) electrons. The van der Waals surface area contributed by atoms with Gasteiger partial charge >= 0.3 is 6.03 Å². The van der Waals surface area contributed by atoms with Crippen LogP contribution in [-0.2, 0) is 0 Å². The topological polar surface area (TPSA) is 62.5 Å². The van der Waals surface area contributed by atoms with E-state index in [9.17, 15) is 9.59 Å². The molecule has 0 unspecified atom stereocenters. The molecule has 0 saturated heterocycles. The largest absolute Gasteiger partial charge is 0.351 e. The quantitative estimate of drug-likeness (QED) is 0.649. The van der Waals surface area contributed by atoms with Gasteiger partial charge in [-0.2, -0.15) is 0 Å². The van der Waals surface area contributed by atoms with Gasteiger partial charge in [0.25, 0.3) is 5.91 Å². The number of benzene rings is 1. The lowest BCUT2D eigenvalue weighted by molar-refractivity contribution is 0.0943. The number of nitrogens with one attached hydrogen (secondary N) is 1. The molecule has 2 amide bonds. The van der Waals surface area contributed by atoms with Crippen molar-refractivity contribution in [3.63, 3.8) is 0 Å². The van der Waals surface area contributed by atoms with Gasteiger partial charge in [-0.3, -0.25) is 9.36 Å². The number of hydrogen-bond acceptors (Lipinski definition) is 3. The van der Waals surface area contributed by atoms with Crippen molar-refractivity contribution in [3.05, 3.63) is 36.0 Å². The molecule has 0 aliphatic rings. The number of para-hydroxylation sites is 1. The monoisotopic (exact) mass is 397 g/mol. The summed E-state index contributed by atoms with van der Waals surface area (Å²) >= 11 is 0. The summed E-state index contributed by atoms with van der Waals surface area (Å²) in [6.45, 7) is 5.67. The fourth-order valence-corrected chi connectivity index (χ4v) is 3.76. The third kappa shape index (κ3) is 3.87. The van der Waals surface area contributed by atoms with Crippen LogP contribution in [0.2, 0.25) is 0 Å². The molecule has 156 valence electrons. The first kappa shape index (κ1) is 20.9. The maximum atomic E-state index is 13.1. The van der Waals surface area contributed by atoms with Gasteiger partial charge in [0.15, 0.2) is 0 Å². The fourth-order valence-electron chi connectivity index (χ4n) is 3.76. The van der Waals surface area contributed by atoms with E-state index >= 15 is 0 Å². The summed E-state index contributed by atoms with van der Waals surface area (Å²) in [5.41, 5.74) is 3.12. The number of hydrogen-bond donors (Lipinski definition) is 1. The number of fused-ring (bicyclic) bond motifs is 3. The first-order chi connectivity index (χ1) is 13.7. The van der Waals surface area contributed by atoms with Gasteiger partial charge in [0.05, 0.1) is 16.6 Å². The number of carbonyl (C=O) groups excluding carboxylic acids is 2. The Labute approximate surface area is 171 Å². The van der Waals surface area contributed by atoms with Crippen molar-refractivity contribution in [1.29, 1.82) is 0 Å². The van der Waals surface area contributed by atoms with Gasteiger partial charge in [-0.25, -0.2) is 4.79 Å². The third-order valence-corrected chi connectivity index (χ3v) is 5.05. The Hall–Kier alpha value is -2.80. The van der Waals surface area contributed by atoms with Crippen LogP contribution in [0, 0.1) is 0 Å². The smallest absolute Gasteiger partial charge is 0.328 e. The molecule has 0 fully saturated rings. The molecular formula is C22H31N5O2. The molecule has 7 nitrogen and oxygen atoms in total. The van der Waals surface area contributed by atoms with E-state index in [1.165, 1.54) is 4.90 Å². The first-order valence-corrected chi connectivity index (χ1v) is 10.0. The lowest BCUT2D eigenvalue weighted by Crippen LogP contribution is -2.33. The predicted molar refractivity (Wildman–Crippen MR) is 118 cm³/mol. The third-order valence-electron chi connectivity index (χ3n) is 5.05. The van der Waals surface area contributed by atoms with Crippen LogP contribution in [0.25, 0.3) is 21.9 Å². The predicted octanol–water partition coefficient (Wildman–Crippen LogP) is 3.39. The van der Waals surface area contributed by atoms with E-state index in [1.54, 1.807) is 18.7 Å². The summed E-state index contributed by atoms with van der Waals surface area (Å²) in [5, 5.41) is 3.94. The second-order valence-electron chi connectivity index (χ2n) is 8.17. The molecule has 1 N–H and O–H groups in total. The van der Waals surface area contributed by atoms with Crippen LogP contribution in [0.5, 0.6) is 0 Å². The lowest BCUT2D eigenvalue weighted by Gasteiger charge is -2.15. The van der Waals surface area contributed by atoms with Gasteiger partial charge in [0.1, 0.15) is 5.69 Å². The molecule has 3 rings (SSSR count). The van der Waals surface area contributed by atoms with Crippen molar-refractivity contribution >= 4 is 33.9 Å². The average molecular weight is 398 g/mol. The van der Waals surface area contributed by atoms with Crippen molar-refractivity contribution in [2.45, 2.75) is 26.3 Å². The van der Waals surface area contributed by atoms with Crippen LogP contribution in [0.3, 0.4) is 0 Å². The van der Waals surface area contributed by atoms with Crippen LogP contribution in [0.1, 0.15) is 36.8 Å². The summed E-state index contributed by atoms with van der Waals surface area (Å²) in [5.74, 6) is -0.227. The molecule has 2 aromatic heterocycles. The van der Waals surface area contributed by atoms with Crippen molar-refractivity contribution < 1.29 is 9.59 Å². The number of amides is 2. The molecule has 7 heteroatoms. The Morgan fingerprint density at radius 3 is 2.38 bits per heavy atom. The number of nitrogens with zero attached hydrogens (tertiary/aromatic N) is 4. The summed E-state index contributed by atoms with van der Waals surface area (Å²) in [7, 11) is 7.42. The summed E-state index contributed by atoms with van der Waals surface area (Å²) in [4.78, 5) is 29.7. The van der Waals surface area contributed by atoms with Gasteiger partial charge in [0.2, 0.25) is 0 Å². The highest BCUT2D eigenvalue weighted by Gasteiger charge is 2.26. The number of rotatable bonds is 6. The fraction of sp³-hybridized carbons (Fsp3) is 0.455. The van der Waals surface area contributed by atoms with Crippen molar-refractivity contribution in [2.75, 3.05) is 41.3 Å². The normalized spacial score (nSPS) is 11.7. The maximum Gasteiger partial charge on any atom is 0.328 e. The van der Waals surface area contributed by atoms with Gasteiger partial charge in [0, 0.05) is 32.1 Å². The Bertz CT molecular complexity index is 1040. The minimum absolute atomic E-state index is 0.193. The number of aromatic nitrogens is 2. The van der Waals surface area contributed by atoms with E-state index in [-0.39, 0.29) is 18.0 Å². The van der Waals surface area contributed by atoms with E-state index in [1.807, 2.05) is 38.4 Å². The van der Waals surface area contributed by atoms with Crippen LogP contribution < -0.4 is 5.32 Å². The molecule has 0 aliphatic heterocycles. The second-order valence-corrected chi connectivity index (χ2v) is 8.17. The van der Waals surface area contributed by atoms with Crippen LogP contribution in [0.15, 0.2) is 30.3 Å². The highest BCUT2D eigenvalue weighted by molar-refractivity contribution is 6.14. The zero-order valence-corrected chi connectivity index (χ0v) is 18.2. The minimum atomic E-state index is -0.231. The van der Waals surface area contributed by atoms with Crippen molar-refractivity contribution in [1.82, 2.24) is 24.3 Å². The van der Waals surface area contributed by atoms with Gasteiger partial charge in [-0.15, -0.1) is 0 Å². The van der Waals surface area contributed by atoms with E-state index < -0.39 is 0 Å². The van der Waals surface area contributed by atoms with E-state index in [0.717, 1.165) is 34.9 Å². The van der Waals surface area contributed by atoms with Crippen LogP contribution in [0.4, 0.5) is 4.79 Å². The SMILES string of the molecule is CC(C)n1c2ccccc2c2c1cc(C(=O)NCCCN(C)C)n2C(=O)N(C)C. The Morgan fingerprint density at radius 1 is 1.07 bits per heavy atom. The van der Waals surface area contributed by atoms with Crippen LogP contribution in [-0.4, -0.2) is 72.2 Å². The van der Waals surface area contributed by atoms with E-state index in [2.05, 4.69) is 34.7 Å². The number of carbonyl (C=O) groups is 2. The summed E-state index contributed by atoms with van der Waals surface area (Å²) < 4.78 is 3.74. The molecule has 0 bridgehead atoms. The van der Waals surface area contributed by atoms with E-state index in [4.69, 9.17) is 0 Å². The first-order valence-electron chi connectivity index (χ1n) is 10.0. The zero-order valence-electron chi connectivity index (χ0n) is 18.2. The molecule has 0 aliphatic carbocycles. The average Bonchev–Trinajstić information content (AvgIpc) is 3.18. The summed E-state index contributed by atoms with van der Waals surface area (Å²) in [6, 6.07) is 9.83. The molecule has 29 heavy (non-hydrogen) atoms. The molecule has 2 heterocycles. The van der Waals surface area contributed by atoms with Crippen molar-refractivity contribution in [3.8, 4) is 0 Å². The van der Waals surface area contributed by atoms with Crippen molar-refractivity contribution in [2.24, 2.45) is 0 Å². The molecule has 0 saturated carbocycles. The van der Waals surface area contributed by atoms with Crippen LogP contribution >= 0.6 is 0 Å². The molecule has 0 spiro atoms.